The summed E-state index contributed by atoms with van der Waals surface area (Å²) in [4.78, 5) is 8.01. The minimum Gasteiger partial charge on any atom is -0.342 e. The molecule has 80 valence electrons. The summed E-state index contributed by atoms with van der Waals surface area (Å²) in [7, 11) is 0. The Morgan fingerprint density at radius 2 is 2.13 bits per heavy atom. The Kier molecular flexibility index (Phi) is 2.76. The first-order valence-electron chi connectivity index (χ1n) is 5.73. The van der Waals surface area contributed by atoms with Crippen LogP contribution in [0.15, 0.2) is 18.2 Å². The van der Waals surface area contributed by atoms with Gasteiger partial charge in [0, 0.05) is 5.92 Å². The highest BCUT2D eigenvalue weighted by atomic mass is 14.9. The zero-order valence-electron chi connectivity index (χ0n) is 9.67. The maximum atomic E-state index is 4.60. The smallest absolute Gasteiger partial charge is 0.110 e. The van der Waals surface area contributed by atoms with Crippen LogP contribution in [0, 0.1) is 0 Å². The van der Waals surface area contributed by atoms with Crippen LogP contribution in [0.3, 0.4) is 0 Å². The van der Waals surface area contributed by atoms with Crippen molar-refractivity contribution >= 4 is 11.0 Å². The standard InChI is InChI=1S/C13H18N2/c1-4-9(3)13-14-11-7-6-10(5-2)8-12(11)15-13/h6-9H,4-5H2,1-3H3,(H,14,15). The van der Waals surface area contributed by atoms with Gasteiger partial charge in [-0.1, -0.05) is 26.8 Å². The predicted octanol–water partition coefficient (Wildman–Crippen LogP) is 3.64. The second-order valence-electron chi connectivity index (χ2n) is 4.14. The van der Waals surface area contributed by atoms with E-state index in [4.69, 9.17) is 0 Å². The van der Waals surface area contributed by atoms with Crippen molar-refractivity contribution in [3.05, 3.63) is 29.6 Å². The summed E-state index contributed by atoms with van der Waals surface area (Å²) in [6.07, 6.45) is 2.20. The maximum Gasteiger partial charge on any atom is 0.110 e. The van der Waals surface area contributed by atoms with E-state index in [1.165, 1.54) is 11.1 Å². The molecular weight excluding hydrogens is 184 g/mol. The first-order chi connectivity index (χ1) is 7.24. The van der Waals surface area contributed by atoms with Gasteiger partial charge in [-0.05, 0) is 30.5 Å². The Balaban J connectivity index is 2.46. The summed E-state index contributed by atoms with van der Waals surface area (Å²) in [6, 6.07) is 6.47. The molecule has 0 bridgehead atoms. The first kappa shape index (κ1) is 10.2. The molecule has 1 aromatic carbocycles. The fraction of sp³-hybridized carbons (Fsp3) is 0.462. The molecule has 0 fully saturated rings. The van der Waals surface area contributed by atoms with Gasteiger partial charge in [-0.25, -0.2) is 4.98 Å². The third-order valence-electron chi connectivity index (χ3n) is 3.05. The monoisotopic (exact) mass is 202 g/mol. The van der Waals surface area contributed by atoms with Crippen molar-refractivity contribution in [1.82, 2.24) is 9.97 Å². The zero-order valence-corrected chi connectivity index (χ0v) is 9.67. The van der Waals surface area contributed by atoms with E-state index in [1.807, 2.05) is 0 Å². The largest absolute Gasteiger partial charge is 0.342 e. The van der Waals surface area contributed by atoms with Crippen molar-refractivity contribution in [1.29, 1.82) is 0 Å². The van der Waals surface area contributed by atoms with E-state index >= 15 is 0 Å². The average Bonchev–Trinajstić information content (AvgIpc) is 2.70. The van der Waals surface area contributed by atoms with Gasteiger partial charge in [-0.3, -0.25) is 0 Å². The van der Waals surface area contributed by atoms with Crippen molar-refractivity contribution < 1.29 is 0 Å². The van der Waals surface area contributed by atoms with Crippen LogP contribution >= 0.6 is 0 Å². The van der Waals surface area contributed by atoms with Gasteiger partial charge in [0.2, 0.25) is 0 Å². The number of imidazole rings is 1. The summed E-state index contributed by atoms with van der Waals surface area (Å²) in [5.41, 5.74) is 3.62. The van der Waals surface area contributed by atoms with Gasteiger partial charge in [-0.15, -0.1) is 0 Å². The lowest BCUT2D eigenvalue weighted by Crippen LogP contribution is -1.92. The van der Waals surface area contributed by atoms with Gasteiger partial charge in [0.25, 0.3) is 0 Å². The highest BCUT2D eigenvalue weighted by molar-refractivity contribution is 5.76. The number of nitrogens with zero attached hydrogens (tertiary/aromatic N) is 1. The third kappa shape index (κ3) is 1.89. The zero-order chi connectivity index (χ0) is 10.8. The number of hydrogen-bond acceptors (Lipinski definition) is 1. The SMILES string of the molecule is CCc1ccc2nc(C(C)CC)[nH]c2c1. The Hall–Kier alpha value is -1.31. The summed E-state index contributed by atoms with van der Waals surface area (Å²) in [5.74, 6) is 1.63. The molecule has 15 heavy (non-hydrogen) atoms. The van der Waals surface area contributed by atoms with E-state index in [-0.39, 0.29) is 0 Å². The minimum absolute atomic E-state index is 0.516. The fourth-order valence-electron chi connectivity index (χ4n) is 1.72. The number of benzene rings is 1. The van der Waals surface area contributed by atoms with Crippen LogP contribution in [0.2, 0.25) is 0 Å². The molecule has 0 saturated heterocycles. The van der Waals surface area contributed by atoms with Crippen LogP contribution in [-0.2, 0) is 6.42 Å². The lowest BCUT2D eigenvalue weighted by molar-refractivity contribution is 0.692. The summed E-state index contributed by atoms with van der Waals surface area (Å²) in [6.45, 7) is 6.57. The average molecular weight is 202 g/mol. The summed E-state index contributed by atoms with van der Waals surface area (Å²) >= 11 is 0. The van der Waals surface area contributed by atoms with Crippen molar-refractivity contribution in [2.75, 3.05) is 0 Å². The van der Waals surface area contributed by atoms with Crippen molar-refractivity contribution in [3.8, 4) is 0 Å². The molecule has 2 nitrogen and oxygen atoms in total. The van der Waals surface area contributed by atoms with Crippen LogP contribution in [0.5, 0.6) is 0 Å². The van der Waals surface area contributed by atoms with Crippen molar-refractivity contribution in [3.63, 3.8) is 0 Å². The molecule has 2 rings (SSSR count). The second kappa shape index (κ2) is 4.05. The predicted molar refractivity (Wildman–Crippen MR) is 64.2 cm³/mol. The molecule has 2 heteroatoms. The van der Waals surface area contributed by atoms with E-state index in [2.05, 4.69) is 48.9 Å². The topological polar surface area (TPSA) is 28.7 Å². The molecule has 0 aliphatic heterocycles. The van der Waals surface area contributed by atoms with Crippen LogP contribution in [0.1, 0.15) is 44.5 Å². The number of aromatic amines is 1. The van der Waals surface area contributed by atoms with Gasteiger partial charge in [0.1, 0.15) is 5.82 Å². The molecule has 0 saturated carbocycles. The highest BCUT2D eigenvalue weighted by Gasteiger charge is 2.08. The fourth-order valence-corrected chi connectivity index (χ4v) is 1.72. The molecule has 0 aliphatic carbocycles. The van der Waals surface area contributed by atoms with Gasteiger partial charge in [0.15, 0.2) is 0 Å². The van der Waals surface area contributed by atoms with Gasteiger partial charge >= 0.3 is 0 Å². The quantitative estimate of drug-likeness (QED) is 0.808. The molecule has 0 amide bonds. The van der Waals surface area contributed by atoms with E-state index in [1.54, 1.807) is 0 Å². The number of H-pyrrole nitrogens is 1. The Bertz CT molecular complexity index is 457. The number of aryl methyl sites for hydroxylation is 1. The first-order valence-corrected chi connectivity index (χ1v) is 5.73. The van der Waals surface area contributed by atoms with Gasteiger partial charge in [0.05, 0.1) is 11.0 Å². The van der Waals surface area contributed by atoms with E-state index in [9.17, 15) is 0 Å². The van der Waals surface area contributed by atoms with E-state index < -0.39 is 0 Å². The molecule has 1 atom stereocenters. The molecule has 1 N–H and O–H groups in total. The van der Waals surface area contributed by atoms with Crippen LogP contribution < -0.4 is 0 Å². The highest BCUT2D eigenvalue weighted by Crippen LogP contribution is 2.20. The normalized spacial score (nSPS) is 13.3. The number of rotatable bonds is 3. The molecule has 1 aromatic heterocycles. The minimum atomic E-state index is 0.516. The van der Waals surface area contributed by atoms with Crippen LogP contribution in [0.4, 0.5) is 0 Å². The van der Waals surface area contributed by atoms with Gasteiger partial charge in [-0.2, -0.15) is 0 Å². The second-order valence-corrected chi connectivity index (χ2v) is 4.14. The molecule has 2 aromatic rings. The molecule has 1 unspecified atom stereocenters. The Labute approximate surface area is 90.7 Å². The Morgan fingerprint density at radius 3 is 2.80 bits per heavy atom. The molecule has 0 aliphatic rings. The molecule has 0 spiro atoms. The number of nitrogens with one attached hydrogen (secondary N) is 1. The maximum absolute atomic E-state index is 4.60. The van der Waals surface area contributed by atoms with E-state index in [0.29, 0.717) is 5.92 Å². The van der Waals surface area contributed by atoms with E-state index in [0.717, 1.165) is 24.2 Å². The van der Waals surface area contributed by atoms with Crippen LogP contribution in [-0.4, -0.2) is 9.97 Å². The lowest BCUT2D eigenvalue weighted by atomic mass is 10.1. The number of aromatic nitrogens is 2. The lowest BCUT2D eigenvalue weighted by Gasteiger charge is -2.01. The molecular formula is C13H18N2. The Morgan fingerprint density at radius 1 is 1.33 bits per heavy atom. The molecule has 0 radical (unpaired) electrons. The van der Waals surface area contributed by atoms with Crippen molar-refractivity contribution in [2.45, 2.75) is 39.5 Å². The molecule has 1 heterocycles. The summed E-state index contributed by atoms with van der Waals surface area (Å²) < 4.78 is 0. The third-order valence-corrected chi connectivity index (χ3v) is 3.05. The summed E-state index contributed by atoms with van der Waals surface area (Å²) in [5, 5.41) is 0. The van der Waals surface area contributed by atoms with Gasteiger partial charge < -0.3 is 4.98 Å². The van der Waals surface area contributed by atoms with Crippen molar-refractivity contribution in [2.24, 2.45) is 0 Å². The van der Waals surface area contributed by atoms with Crippen LogP contribution in [0.25, 0.3) is 11.0 Å². The number of fused-ring (bicyclic) bond motifs is 1. The number of hydrogen-bond donors (Lipinski definition) is 1.